The van der Waals surface area contributed by atoms with Gasteiger partial charge in [0.15, 0.2) is 17.3 Å². The number of nitrogens with zero attached hydrogens (tertiary/aromatic N) is 3. The number of methoxy groups -OCH3 is 2. The zero-order valence-electron chi connectivity index (χ0n) is 19.4. The third-order valence-corrected chi connectivity index (χ3v) is 5.91. The molecule has 1 aliphatic rings. The standard InChI is InChI=1S/C26H24FN3O5/c1-34-20-7-8-21(35-2)23(27)22(20)24(31)17-3-5-18(6-4-17)25(32)29-13-15-30(16-14-29)26(33)19-9-11-28-12-10-19/h3-12H,13-16H2,1-2H3. The summed E-state index contributed by atoms with van der Waals surface area (Å²) in [4.78, 5) is 45.9. The monoisotopic (exact) mass is 477 g/mol. The van der Waals surface area contributed by atoms with Gasteiger partial charge in [-0.3, -0.25) is 19.4 Å². The van der Waals surface area contributed by atoms with Crippen LogP contribution in [0.3, 0.4) is 0 Å². The maximum absolute atomic E-state index is 14.8. The van der Waals surface area contributed by atoms with Gasteiger partial charge in [0.2, 0.25) is 0 Å². The second-order valence-electron chi connectivity index (χ2n) is 7.89. The highest BCUT2D eigenvalue weighted by Gasteiger charge is 2.26. The first-order valence-electron chi connectivity index (χ1n) is 11.0. The molecule has 0 N–H and O–H groups in total. The largest absolute Gasteiger partial charge is 0.496 e. The molecule has 1 aliphatic heterocycles. The van der Waals surface area contributed by atoms with Crippen molar-refractivity contribution in [2.45, 2.75) is 0 Å². The van der Waals surface area contributed by atoms with Gasteiger partial charge in [-0.1, -0.05) is 12.1 Å². The van der Waals surface area contributed by atoms with Crippen LogP contribution in [0.4, 0.5) is 4.39 Å². The van der Waals surface area contributed by atoms with Crippen LogP contribution in [0, 0.1) is 5.82 Å². The first-order chi connectivity index (χ1) is 16.9. The van der Waals surface area contributed by atoms with Crippen LogP contribution in [0.15, 0.2) is 60.9 Å². The smallest absolute Gasteiger partial charge is 0.254 e. The molecule has 9 heteroatoms. The summed E-state index contributed by atoms with van der Waals surface area (Å²) < 4.78 is 24.9. The zero-order valence-corrected chi connectivity index (χ0v) is 19.4. The normalized spacial score (nSPS) is 13.3. The molecular weight excluding hydrogens is 453 g/mol. The van der Waals surface area contributed by atoms with Crippen molar-refractivity contribution in [2.75, 3.05) is 40.4 Å². The number of carbonyl (C=O) groups excluding carboxylic acids is 3. The zero-order chi connectivity index (χ0) is 24.9. The van der Waals surface area contributed by atoms with Crippen LogP contribution in [0.1, 0.15) is 36.6 Å². The molecule has 1 saturated heterocycles. The summed E-state index contributed by atoms with van der Waals surface area (Å²) in [6, 6.07) is 12.2. The topological polar surface area (TPSA) is 89.0 Å². The van der Waals surface area contributed by atoms with Gasteiger partial charge in [0, 0.05) is 55.3 Å². The molecule has 8 nitrogen and oxygen atoms in total. The van der Waals surface area contributed by atoms with Gasteiger partial charge in [0.05, 0.1) is 14.2 Å². The second-order valence-corrected chi connectivity index (χ2v) is 7.89. The van der Waals surface area contributed by atoms with E-state index in [2.05, 4.69) is 4.98 Å². The Morgan fingerprint density at radius 2 is 1.17 bits per heavy atom. The molecular formula is C26H24FN3O5. The summed E-state index contributed by atoms with van der Waals surface area (Å²) >= 11 is 0. The van der Waals surface area contributed by atoms with E-state index in [-0.39, 0.29) is 34.4 Å². The molecule has 0 atom stereocenters. The Bertz CT molecular complexity index is 1240. The minimum Gasteiger partial charge on any atom is -0.496 e. The van der Waals surface area contributed by atoms with E-state index in [1.165, 1.54) is 50.6 Å². The highest BCUT2D eigenvalue weighted by Crippen LogP contribution is 2.31. The van der Waals surface area contributed by atoms with Gasteiger partial charge in [-0.2, -0.15) is 0 Å². The maximum atomic E-state index is 14.8. The van der Waals surface area contributed by atoms with E-state index in [9.17, 15) is 18.8 Å². The molecule has 1 fully saturated rings. The average molecular weight is 477 g/mol. The molecule has 0 saturated carbocycles. The number of aromatic nitrogens is 1. The van der Waals surface area contributed by atoms with E-state index in [1.54, 1.807) is 34.3 Å². The molecule has 4 rings (SSSR count). The van der Waals surface area contributed by atoms with Crippen molar-refractivity contribution in [3.63, 3.8) is 0 Å². The van der Waals surface area contributed by atoms with E-state index in [4.69, 9.17) is 9.47 Å². The Labute approximate surface area is 201 Å². The van der Waals surface area contributed by atoms with Crippen molar-refractivity contribution in [1.82, 2.24) is 14.8 Å². The van der Waals surface area contributed by atoms with Crippen molar-refractivity contribution >= 4 is 17.6 Å². The molecule has 0 aliphatic carbocycles. The first kappa shape index (κ1) is 23.9. The van der Waals surface area contributed by atoms with Crippen molar-refractivity contribution in [3.8, 4) is 11.5 Å². The second kappa shape index (κ2) is 10.3. The Morgan fingerprint density at radius 1 is 0.714 bits per heavy atom. The number of ketones is 1. The number of carbonyl (C=O) groups is 3. The predicted octanol–water partition coefficient (Wildman–Crippen LogP) is 3.07. The molecule has 0 spiro atoms. The number of amides is 2. The van der Waals surface area contributed by atoms with Crippen molar-refractivity contribution in [3.05, 3.63) is 89.0 Å². The average Bonchev–Trinajstić information content (AvgIpc) is 2.92. The van der Waals surface area contributed by atoms with E-state index in [0.29, 0.717) is 37.3 Å². The summed E-state index contributed by atoms with van der Waals surface area (Å²) in [5, 5.41) is 0. The van der Waals surface area contributed by atoms with Crippen LogP contribution >= 0.6 is 0 Å². The number of hydrogen-bond acceptors (Lipinski definition) is 6. The predicted molar refractivity (Wildman–Crippen MR) is 125 cm³/mol. The SMILES string of the molecule is COc1ccc(OC)c(C(=O)c2ccc(C(=O)N3CCN(C(=O)c4ccncc4)CC3)cc2)c1F. The third kappa shape index (κ3) is 4.84. The lowest BCUT2D eigenvalue weighted by molar-refractivity contribution is 0.0535. The molecule has 0 unspecified atom stereocenters. The van der Waals surface area contributed by atoms with Gasteiger partial charge in [-0.15, -0.1) is 0 Å². The quantitative estimate of drug-likeness (QED) is 0.507. The minimum absolute atomic E-state index is 0.0671. The van der Waals surface area contributed by atoms with Crippen LogP contribution in [-0.2, 0) is 0 Å². The molecule has 2 heterocycles. The van der Waals surface area contributed by atoms with Crippen molar-refractivity contribution in [1.29, 1.82) is 0 Å². The van der Waals surface area contributed by atoms with E-state index in [0.717, 1.165) is 0 Å². The number of piperazine rings is 1. The van der Waals surface area contributed by atoms with Crippen molar-refractivity contribution in [2.24, 2.45) is 0 Å². The highest BCUT2D eigenvalue weighted by atomic mass is 19.1. The number of benzene rings is 2. The van der Waals surface area contributed by atoms with Gasteiger partial charge in [0.25, 0.3) is 11.8 Å². The number of hydrogen-bond donors (Lipinski definition) is 0. The fourth-order valence-corrected chi connectivity index (χ4v) is 3.96. The first-order valence-corrected chi connectivity index (χ1v) is 11.0. The summed E-state index contributed by atoms with van der Waals surface area (Å²) in [6.07, 6.45) is 3.14. The van der Waals surface area contributed by atoms with Crippen LogP contribution < -0.4 is 9.47 Å². The Hall–Kier alpha value is -4.27. The summed E-state index contributed by atoms with van der Waals surface area (Å²) in [5.41, 5.74) is 0.929. The fourth-order valence-electron chi connectivity index (χ4n) is 3.96. The van der Waals surface area contributed by atoms with E-state index >= 15 is 0 Å². The number of rotatable bonds is 6. The molecule has 2 amide bonds. The van der Waals surface area contributed by atoms with Gasteiger partial charge >= 0.3 is 0 Å². The Balaban J connectivity index is 1.44. The lowest BCUT2D eigenvalue weighted by atomic mass is 10.00. The van der Waals surface area contributed by atoms with Crippen LogP contribution in [-0.4, -0.2) is 72.8 Å². The molecule has 1 aromatic heterocycles. The molecule has 180 valence electrons. The lowest BCUT2D eigenvalue weighted by Gasteiger charge is -2.34. The van der Waals surface area contributed by atoms with Crippen LogP contribution in [0.2, 0.25) is 0 Å². The lowest BCUT2D eigenvalue weighted by Crippen LogP contribution is -2.50. The Kier molecular flexibility index (Phi) is 7.05. The maximum Gasteiger partial charge on any atom is 0.254 e. The molecule has 35 heavy (non-hydrogen) atoms. The number of pyridine rings is 1. The molecule has 0 radical (unpaired) electrons. The third-order valence-electron chi connectivity index (χ3n) is 5.91. The van der Waals surface area contributed by atoms with Crippen molar-refractivity contribution < 1.29 is 28.2 Å². The summed E-state index contributed by atoms with van der Waals surface area (Å²) in [7, 11) is 2.67. The van der Waals surface area contributed by atoms with Gasteiger partial charge in [-0.25, -0.2) is 4.39 Å². The number of halogens is 1. The summed E-state index contributed by atoms with van der Waals surface area (Å²) in [5.74, 6) is -1.67. The van der Waals surface area contributed by atoms with E-state index < -0.39 is 11.6 Å². The number of ether oxygens (including phenoxy) is 2. The molecule has 0 bridgehead atoms. The fraction of sp³-hybridized carbons (Fsp3) is 0.231. The van der Waals surface area contributed by atoms with Gasteiger partial charge in [0.1, 0.15) is 11.3 Å². The van der Waals surface area contributed by atoms with Gasteiger partial charge < -0.3 is 19.3 Å². The van der Waals surface area contributed by atoms with Gasteiger partial charge in [-0.05, 0) is 36.4 Å². The summed E-state index contributed by atoms with van der Waals surface area (Å²) in [6.45, 7) is 1.61. The molecule has 3 aromatic rings. The van der Waals surface area contributed by atoms with E-state index in [1.807, 2.05) is 0 Å². The van der Waals surface area contributed by atoms with Crippen LogP contribution in [0.5, 0.6) is 11.5 Å². The van der Waals surface area contributed by atoms with Crippen LogP contribution in [0.25, 0.3) is 0 Å². The Morgan fingerprint density at radius 3 is 1.69 bits per heavy atom. The molecule has 2 aromatic carbocycles. The highest BCUT2D eigenvalue weighted by molar-refractivity contribution is 6.11. The minimum atomic E-state index is -0.809.